The zero-order valence-corrected chi connectivity index (χ0v) is 29.2. The van der Waals surface area contributed by atoms with Crippen molar-refractivity contribution >= 4 is 17.7 Å². The number of allylic oxidation sites excluding steroid dienone is 3. The number of esters is 2. The number of ether oxygens (including phenoxy) is 2. The number of fused-ring (bicyclic) bond motifs is 5. The molecule has 6 aliphatic rings. The van der Waals surface area contributed by atoms with E-state index in [1.54, 1.807) is 13.0 Å². The van der Waals surface area contributed by atoms with E-state index in [0.717, 1.165) is 37.2 Å². The molecule has 252 valence electrons. The summed E-state index contributed by atoms with van der Waals surface area (Å²) < 4.78 is 12.4. The predicted octanol–water partition coefficient (Wildman–Crippen LogP) is 7.86. The van der Waals surface area contributed by atoms with Crippen LogP contribution in [0.2, 0.25) is 0 Å². The first-order valence-corrected chi connectivity index (χ1v) is 17.9. The van der Waals surface area contributed by atoms with Crippen molar-refractivity contribution in [2.75, 3.05) is 6.61 Å². The molecule has 0 aromatic heterocycles. The summed E-state index contributed by atoms with van der Waals surface area (Å²) in [5.74, 6) is 1.02. The SMILES string of the molecule is CC1=C[C@H]2C3[C@H](C)C[C@@](C)(OC(=O)CC4(C)CC5CC(C)CC(C5)C4)C(C)(C)[C@@H]3C=C(COC(=O)C3=CCCC=C3)C[C@]2(O)C1=O. The lowest BCUT2D eigenvalue weighted by Gasteiger charge is -2.58. The Kier molecular flexibility index (Phi) is 8.64. The molecule has 3 unspecified atom stereocenters. The Bertz CT molecular complexity index is 1380. The third kappa shape index (κ3) is 5.90. The summed E-state index contributed by atoms with van der Waals surface area (Å²) in [4.78, 5) is 40.4. The van der Waals surface area contributed by atoms with Crippen LogP contribution in [0.3, 0.4) is 0 Å². The lowest BCUT2D eigenvalue weighted by molar-refractivity contribution is -0.202. The zero-order chi connectivity index (χ0) is 33.2. The molecule has 6 aliphatic carbocycles. The van der Waals surface area contributed by atoms with Crippen LogP contribution in [0.25, 0.3) is 0 Å². The van der Waals surface area contributed by atoms with Gasteiger partial charge in [-0.3, -0.25) is 9.59 Å². The molecule has 2 bridgehead atoms. The largest absolute Gasteiger partial charge is 0.459 e. The number of carbonyl (C=O) groups excluding carboxylic acids is 3. The van der Waals surface area contributed by atoms with E-state index in [9.17, 15) is 19.5 Å². The number of hydrogen-bond donors (Lipinski definition) is 1. The molecule has 0 aromatic carbocycles. The molecule has 0 aliphatic heterocycles. The van der Waals surface area contributed by atoms with Gasteiger partial charge in [-0.05, 0) is 117 Å². The number of carbonyl (C=O) groups is 3. The Balaban J connectivity index is 1.26. The molecule has 0 amide bonds. The smallest absolute Gasteiger partial charge is 0.338 e. The monoisotopic (exact) mass is 632 g/mol. The third-order valence-corrected chi connectivity index (χ3v) is 13.3. The lowest BCUT2D eigenvalue weighted by atomic mass is 9.50. The minimum atomic E-state index is -1.58. The van der Waals surface area contributed by atoms with Crippen LogP contribution in [0.1, 0.15) is 113 Å². The van der Waals surface area contributed by atoms with Crippen molar-refractivity contribution < 1.29 is 29.0 Å². The Morgan fingerprint density at radius 3 is 2.30 bits per heavy atom. The molecule has 0 saturated heterocycles. The number of ketones is 1. The fourth-order valence-electron chi connectivity index (χ4n) is 11.1. The van der Waals surface area contributed by atoms with Crippen LogP contribution in [0.5, 0.6) is 0 Å². The first-order chi connectivity index (χ1) is 21.5. The van der Waals surface area contributed by atoms with E-state index in [4.69, 9.17) is 9.47 Å². The van der Waals surface area contributed by atoms with Crippen LogP contribution in [0, 0.1) is 52.3 Å². The standard InChI is InChI=1S/C40H56O6/c1-24-13-27-16-28(14-24)20-38(6,19-27)22-33(41)46-39(7)18-26(3)34-31(37(39,4)5)17-29(21-40(44)32(34)15-25(2)35(40)42)23-45-36(43)30-11-9-8-10-12-30/h9,11-12,15,17,24,26-28,31-32,34,44H,8,10,13-14,16,18-23H2,1-7H3/t24?,26-,27?,28?,31-,32+,34?,38?,39-,40-/m1/s1. The summed E-state index contributed by atoms with van der Waals surface area (Å²) in [6.45, 7) is 15.1. The summed E-state index contributed by atoms with van der Waals surface area (Å²) in [6, 6.07) is 0. The highest BCUT2D eigenvalue weighted by Crippen LogP contribution is 2.61. The van der Waals surface area contributed by atoms with Gasteiger partial charge in [0.25, 0.3) is 0 Å². The fraction of sp³-hybridized carbons (Fsp3) is 0.725. The van der Waals surface area contributed by atoms with Crippen LogP contribution in [-0.2, 0) is 23.9 Å². The molecule has 3 saturated carbocycles. The van der Waals surface area contributed by atoms with Gasteiger partial charge in [0.15, 0.2) is 5.78 Å². The van der Waals surface area contributed by atoms with E-state index < -0.39 is 22.6 Å². The van der Waals surface area contributed by atoms with Gasteiger partial charge in [-0.25, -0.2) is 4.79 Å². The van der Waals surface area contributed by atoms with E-state index in [-0.39, 0.29) is 53.9 Å². The topological polar surface area (TPSA) is 89.9 Å². The van der Waals surface area contributed by atoms with Crippen LogP contribution in [0.4, 0.5) is 0 Å². The molecular weight excluding hydrogens is 576 g/mol. The minimum Gasteiger partial charge on any atom is -0.459 e. The van der Waals surface area contributed by atoms with Crippen LogP contribution >= 0.6 is 0 Å². The molecule has 0 radical (unpaired) electrons. The molecular formula is C40H56O6. The molecule has 0 spiro atoms. The minimum absolute atomic E-state index is 0.00879. The highest BCUT2D eigenvalue weighted by Gasteiger charge is 2.63. The van der Waals surface area contributed by atoms with Crippen LogP contribution in [-0.4, -0.2) is 40.6 Å². The summed E-state index contributed by atoms with van der Waals surface area (Å²) in [7, 11) is 0. The summed E-state index contributed by atoms with van der Waals surface area (Å²) in [5, 5.41) is 12.1. The number of rotatable bonds is 6. The average Bonchev–Trinajstić information content (AvgIpc) is 3.08. The average molecular weight is 633 g/mol. The molecule has 46 heavy (non-hydrogen) atoms. The van der Waals surface area contributed by atoms with E-state index >= 15 is 0 Å². The first kappa shape index (κ1) is 33.4. The first-order valence-electron chi connectivity index (χ1n) is 17.9. The number of aliphatic hydroxyl groups is 1. The zero-order valence-electron chi connectivity index (χ0n) is 29.2. The van der Waals surface area contributed by atoms with Crippen molar-refractivity contribution in [1.82, 2.24) is 0 Å². The Labute approximate surface area is 276 Å². The highest BCUT2D eigenvalue weighted by molar-refractivity contribution is 6.04. The van der Waals surface area contributed by atoms with Gasteiger partial charge in [-0.1, -0.05) is 65.0 Å². The quantitative estimate of drug-likeness (QED) is 0.237. The lowest BCUT2D eigenvalue weighted by Crippen LogP contribution is -2.60. The van der Waals surface area contributed by atoms with Crippen LogP contribution in [0.15, 0.2) is 47.1 Å². The normalized spacial score (nSPS) is 42.9. The van der Waals surface area contributed by atoms with Gasteiger partial charge in [-0.2, -0.15) is 0 Å². The van der Waals surface area contributed by atoms with Gasteiger partial charge in [0.2, 0.25) is 0 Å². The van der Waals surface area contributed by atoms with Gasteiger partial charge >= 0.3 is 11.9 Å². The fourth-order valence-corrected chi connectivity index (χ4v) is 11.1. The maximum Gasteiger partial charge on any atom is 0.338 e. The summed E-state index contributed by atoms with van der Waals surface area (Å²) in [5.41, 5.74) is -0.990. The van der Waals surface area contributed by atoms with E-state index in [1.807, 2.05) is 18.2 Å². The Morgan fingerprint density at radius 1 is 0.957 bits per heavy atom. The Hall–Kier alpha value is -2.47. The molecule has 8 atom stereocenters. The van der Waals surface area contributed by atoms with Gasteiger partial charge in [0.1, 0.15) is 17.8 Å². The second-order valence-electron chi connectivity index (χ2n) is 17.5. The molecule has 3 fully saturated rings. The van der Waals surface area contributed by atoms with Gasteiger partial charge in [0, 0.05) is 17.8 Å². The van der Waals surface area contributed by atoms with Gasteiger partial charge in [0.05, 0.1) is 12.0 Å². The molecule has 1 N–H and O–H groups in total. The second kappa shape index (κ2) is 11.9. The van der Waals surface area contributed by atoms with E-state index in [2.05, 4.69) is 47.6 Å². The molecule has 0 aromatic rings. The van der Waals surface area contributed by atoms with Gasteiger partial charge < -0.3 is 14.6 Å². The molecule has 6 heteroatoms. The van der Waals surface area contributed by atoms with Crippen molar-refractivity contribution in [1.29, 1.82) is 0 Å². The van der Waals surface area contributed by atoms with E-state index in [0.29, 0.717) is 35.8 Å². The predicted molar refractivity (Wildman–Crippen MR) is 178 cm³/mol. The molecule has 0 heterocycles. The highest BCUT2D eigenvalue weighted by atomic mass is 16.6. The van der Waals surface area contributed by atoms with Crippen molar-refractivity contribution in [2.45, 2.75) is 124 Å². The Morgan fingerprint density at radius 2 is 1.65 bits per heavy atom. The van der Waals surface area contributed by atoms with Crippen molar-refractivity contribution in [3.63, 3.8) is 0 Å². The number of Topliss-reactive ketones (excluding diaryl/α,β-unsaturated/α-hetero) is 1. The maximum absolute atomic E-state index is 13.9. The van der Waals surface area contributed by atoms with Crippen molar-refractivity contribution in [2.24, 2.45) is 52.3 Å². The molecule has 6 nitrogen and oxygen atoms in total. The van der Waals surface area contributed by atoms with Crippen molar-refractivity contribution in [3.8, 4) is 0 Å². The summed E-state index contributed by atoms with van der Waals surface area (Å²) >= 11 is 0. The molecule has 6 rings (SSSR count). The van der Waals surface area contributed by atoms with Gasteiger partial charge in [-0.15, -0.1) is 0 Å². The maximum atomic E-state index is 13.9. The number of hydrogen-bond acceptors (Lipinski definition) is 6. The van der Waals surface area contributed by atoms with Crippen LogP contribution < -0.4 is 0 Å². The third-order valence-electron chi connectivity index (χ3n) is 13.3. The summed E-state index contributed by atoms with van der Waals surface area (Å²) in [6.07, 6.45) is 18.8. The van der Waals surface area contributed by atoms with Crippen molar-refractivity contribution in [3.05, 3.63) is 47.1 Å². The second-order valence-corrected chi connectivity index (χ2v) is 17.5. The van der Waals surface area contributed by atoms with E-state index in [1.165, 1.54) is 19.3 Å².